The van der Waals surface area contributed by atoms with Crippen LogP contribution in [0.4, 0.5) is 0 Å². The first-order chi connectivity index (χ1) is 4.74. The van der Waals surface area contributed by atoms with Crippen LogP contribution in [0.25, 0.3) is 0 Å². The number of hydrogen-bond acceptors (Lipinski definition) is 2. The maximum Gasteiger partial charge on any atom is 0.224 e. The van der Waals surface area contributed by atoms with E-state index in [9.17, 15) is 4.79 Å². The molecule has 10 heavy (non-hydrogen) atoms. The minimum atomic E-state index is 0.292. The highest BCUT2D eigenvalue weighted by Gasteiger charge is 2.18. The molecule has 1 amide bonds. The molecule has 1 rings (SSSR count). The van der Waals surface area contributed by atoms with Crippen molar-refractivity contribution in [2.45, 2.75) is 13.3 Å². The van der Waals surface area contributed by atoms with E-state index in [1.54, 1.807) is 0 Å². The van der Waals surface area contributed by atoms with Gasteiger partial charge in [-0.3, -0.25) is 9.69 Å². The summed E-state index contributed by atoms with van der Waals surface area (Å²) in [6.07, 6.45) is 0.685. The third-order valence-corrected chi connectivity index (χ3v) is 1.85. The van der Waals surface area contributed by atoms with Gasteiger partial charge in [0, 0.05) is 19.5 Å². The Kier molecular flexibility index (Phi) is 2.27. The SMILES string of the molecule is CCN1CN(C)CCC1=O. The number of carbonyl (C=O) groups excluding carboxylic acids is 1. The van der Waals surface area contributed by atoms with Crippen LogP contribution in [0.3, 0.4) is 0 Å². The summed E-state index contributed by atoms with van der Waals surface area (Å²) in [6, 6.07) is 0. The van der Waals surface area contributed by atoms with Gasteiger partial charge in [0.25, 0.3) is 0 Å². The molecule has 3 heteroatoms. The first kappa shape index (κ1) is 7.54. The lowest BCUT2D eigenvalue weighted by molar-refractivity contribution is -0.136. The fourth-order valence-electron chi connectivity index (χ4n) is 1.16. The van der Waals surface area contributed by atoms with Gasteiger partial charge in [-0.05, 0) is 14.0 Å². The van der Waals surface area contributed by atoms with E-state index in [0.717, 1.165) is 19.8 Å². The van der Waals surface area contributed by atoms with Crippen molar-refractivity contribution in [3.63, 3.8) is 0 Å². The zero-order valence-electron chi connectivity index (χ0n) is 6.63. The van der Waals surface area contributed by atoms with E-state index in [-0.39, 0.29) is 0 Å². The molecule has 0 spiro atoms. The summed E-state index contributed by atoms with van der Waals surface area (Å²) in [5.74, 6) is 0.292. The monoisotopic (exact) mass is 142 g/mol. The van der Waals surface area contributed by atoms with Crippen molar-refractivity contribution < 1.29 is 4.79 Å². The molecular formula is C7H14N2O. The van der Waals surface area contributed by atoms with Crippen LogP contribution >= 0.6 is 0 Å². The normalized spacial score (nSPS) is 21.8. The number of rotatable bonds is 1. The second-order valence-electron chi connectivity index (χ2n) is 2.72. The lowest BCUT2D eigenvalue weighted by atomic mass is 10.3. The molecule has 0 bridgehead atoms. The van der Waals surface area contributed by atoms with Crippen molar-refractivity contribution in [3.8, 4) is 0 Å². The minimum Gasteiger partial charge on any atom is -0.330 e. The highest BCUT2D eigenvalue weighted by atomic mass is 16.2. The van der Waals surface area contributed by atoms with Crippen molar-refractivity contribution in [2.75, 3.05) is 26.8 Å². The van der Waals surface area contributed by atoms with Crippen LogP contribution in [0.1, 0.15) is 13.3 Å². The second kappa shape index (κ2) is 3.01. The highest BCUT2D eigenvalue weighted by molar-refractivity contribution is 5.76. The van der Waals surface area contributed by atoms with Crippen molar-refractivity contribution in [1.29, 1.82) is 0 Å². The summed E-state index contributed by atoms with van der Waals surface area (Å²) in [5, 5.41) is 0. The Hall–Kier alpha value is -0.570. The van der Waals surface area contributed by atoms with E-state index >= 15 is 0 Å². The Labute approximate surface area is 61.6 Å². The predicted octanol–water partition coefficient (Wildman–Crippen LogP) is 0.128. The number of nitrogens with zero attached hydrogens (tertiary/aromatic N) is 2. The van der Waals surface area contributed by atoms with Gasteiger partial charge >= 0.3 is 0 Å². The molecule has 0 unspecified atom stereocenters. The van der Waals surface area contributed by atoms with Gasteiger partial charge in [-0.25, -0.2) is 0 Å². The Bertz CT molecular complexity index is 136. The van der Waals surface area contributed by atoms with Gasteiger partial charge in [-0.15, -0.1) is 0 Å². The molecule has 0 aromatic heterocycles. The van der Waals surface area contributed by atoms with Gasteiger partial charge < -0.3 is 4.90 Å². The lowest BCUT2D eigenvalue weighted by Gasteiger charge is -2.32. The van der Waals surface area contributed by atoms with Gasteiger partial charge in [0.2, 0.25) is 5.91 Å². The molecule has 1 aliphatic rings. The van der Waals surface area contributed by atoms with E-state index in [4.69, 9.17) is 0 Å². The Morgan fingerprint density at radius 1 is 1.60 bits per heavy atom. The van der Waals surface area contributed by atoms with E-state index in [2.05, 4.69) is 4.90 Å². The number of hydrogen-bond donors (Lipinski definition) is 0. The van der Waals surface area contributed by atoms with Crippen molar-refractivity contribution in [1.82, 2.24) is 9.80 Å². The van der Waals surface area contributed by atoms with Crippen LogP contribution in [0, 0.1) is 0 Å². The number of carbonyl (C=O) groups is 1. The van der Waals surface area contributed by atoms with E-state index in [1.807, 2.05) is 18.9 Å². The topological polar surface area (TPSA) is 23.6 Å². The van der Waals surface area contributed by atoms with Crippen LogP contribution < -0.4 is 0 Å². The minimum absolute atomic E-state index is 0.292. The molecule has 0 N–H and O–H groups in total. The molecule has 0 atom stereocenters. The third-order valence-electron chi connectivity index (χ3n) is 1.85. The van der Waals surface area contributed by atoms with Crippen molar-refractivity contribution in [2.24, 2.45) is 0 Å². The van der Waals surface area contributed by atoms with Crippen LogP contribution in [-0.4, -0.2) is 42.5 Å². The first-order valence-electron chi connectivity index (χ1n) is 3.70. The molecular weight excluding hydrogens is 128 g/mol. The second-order valence-corrected chi connectivity index (χ2v) is 2.72. The zero-order valence-corrected chi connectivity index (χ0v) is 6.63. The lowest BCUT2D eigenvalue weighted by Crippen LogP contribution is -2.46. The predicted molar refractivity (Wildman–Crippen MR) is 39.5 cm³/mol. The molecule has 0 aliphatic carbocycles. The highest BCUT2D eigenvalue weighted by Crippen LogP contribution is 2.03. The molecule has 1 saturated heterocycles. The van der Waals surface area contributed by atoms with Crippen LogP contribution in [-0.2, 0) is 4.79 Å². The van der Waals surface area contributed by atoms with E-state index in [1.165, 1.54) is 0 Å². The summed E-state index contributed by atoms with van der Waals surface area (Å²) >= 11 is 0. The van der Waals surface area contributed by atoms with Crippen LogP contribution in [0.2, 0.25) is 0 Å². The molecule has 0 aromatic rings. The molecule has 58 valence electrons. The standard InChI is InChI=1S/C7H14N2O/c1-3-9-6-8(2)5-4-7(9)10/h3-6H2,1-2H3. The van der Waals surface area contributed by atoms with Gasteiger partial charge in [0.15, 0.2) is 0 Å². The summed E-state index contributed by atoms with van der Waals surface area (Å²) < 4.78 is 0. The number of amides is 1. The Morgan fingerprint density at radius 2 is 2.30 bits per heavy atom. The van der Waals surface area contributed by atoms with Crippen LogP contribution in [0.5, 0.6) is 0 Å². The molecule has 1 fully saturated rings. The van der Waals surface area contributed by atoms with Gasteiger partial charge in [0.05, 0.1) is 6.67 Å². The molecule has 0 aromatic carbocycles. The quantitative estimate of drug-likeness (QED) is 0.519. The summed E-state index contributed by atoms with van der Waals surface area (Å²) in [5.41, 5.74) is 0. The Balaban J connectivity index is 2.45. The fourth-order valence-corrected chi connectivity index (χ4v) is 1.16. The fraction of sp³-hybridized carbons (Fsp3) is 0.857. The van der Waals surface area contributed by atoms with Crippen molar-refractivity contribution in [3.05, 3.63) is 0 Å². The maximum absolute atomic E-state index is 11.1. The smallest absolute Gasteiger partial charge is 0.224 e. The molecule has 1 aliphatic heterocycles. The van der Waals surface area contributed by atoms with E-state index in [0.29, 0.717) is 12.3 Å². The average Bonchev–Trinajstić information content (AvgIpc) is 1.94. The summed E-state index contributed by atoms with van der Waals surface area (Å²) in [6.45, 7) is 4.56. The summed E-state index contributed by atoms with van der Waals surface area (Å²) in [4.78, 5) is 15.1. The van der Waals surface area contributed by atoms with E-state index < -0.39 is 0 Å². The molecule has 3 nitrogen and oxygen atoms in total. The van der Waals surface area contributed by atoms with Gasteiger partial charge in [0.1, 0.15) is 0 Å². The van der Waals surface area contributed by atoms with Gasteiger partial charge in [-0.1, -0.05) is 0 Å². The van der Waals surface area contributed by atoms with Crippen molar-refractivity contribution >= 4 is 5.91 Å². The average molecular weight is 142 g/mol. The first-order valence-corrected chi connectivity index (χ1v) is 3.70. The Morgan fingerprint density at radius 3 is 2.80 bits per heavy atom. The molecule has 0 saturated carbocycles. The zero-order chi connectivity index (χ0) is 7.56. The maximum atomic E-state index is 11.1. The summed E-state index contributed by atoms with van der Waals surface area (Å²) in [7, 11) is 2.04. The third kappa shape index (κ3) is 1.48. The van der Waals surface area contributed by atoms with Crippen LogP contribution in [0.15, 0.2) is 0 Å². The molecule has 1 heterocycles. The van der Waals surface area contributed by atoms with Gasteiger partial charge in [-0.2, -0.15) is 0 Å². The molecule has 0 radical (unpaired) electrons. The largest absolute Gasteiger partial charge is 0.330 e.